The van der Waals surface area contributed by atoms with Crippen molar-refractivity contribution >= 4 is 43.2 Å². The predicted molar refractivity (Wildman–Crippen MR) is 133 cm³/mol. The lowest BCUT2D eigenvalue weighted by atomic mass is 10.0. The lowest BCUT2D eigenvalue weighted by molar-refractivity contribution is 0.0599. The van der Waals surface area contributed by atoms with Gasteiger partial charge in [-0.05, 0) is 62.2 Å². The van der Waals surface area contributed by atoms with Crippen LogP contribution in [0, 0.1) is 13.8 Å². The Bertz CT molecular complexity index is 1440. The average molecular weight is 481 g/mol. The van der Waals surface area contributed by atoms with Gasteiger partial charge < -0.3 is 4.74 Å². The highest BCUT2D eigenvalue weighted by atomic mass is 32.2. The summed E-state index contributed by atoms with van der Waals surface area (Å²) in [6, 6.07) is 18.3. The van der Waals surface area contributed by atoms with Crippen molar-refractivity contribution in [2.75, 3.05) is 18.0 Å². The number of sulfonamides is 1. The second-order valence-electron chi connectivity index (χ2n) is 7.61. The van der Waals surface area contributed by atoms with E-state index in [0.29, 0.717) is 16.8 Å². The summed E-state index contributed by atoms with van der Waals surface area (Å²) in [4.78, 5) is 17.0. The lowest BCUT2D eigenvalue weighted by Crippen LogP contribution is -2.31. The molecule has 0 fully saturated rings. The number of benzene rings is 3. The zero-order valence-electron chi connectivity index (χ0n) is 18.8. The number of rotatable bonds is 6. The van der Waals surface area contributed by atoms with Crippen LogP contribution < -0.4 is 4.31 Å². The molecule has 8 heteroatoms. The predicted octanol–water partition coefficient (Wildman–Crippen LogP) is 5.58. The van der Waals surface area contributed by atoms with Gasteiger partial charge in [0.1, 0.15) is 5.01 Å². The van der Waals surface area contributed by atoms with E-state index >= 15 is 0 Å². The van der Waals surface area contributed by atoms with Crippen LogP contribution in [-0.2, 0) is 14.8 Å². The molecule has 0 saturated carbocycles. The lowest BCUT2D eigenvalue weighted by Gasteiger charge is -2.24. The number of aromatic nitrogens is 1. The highest BCUT2D eigenvalue weighted by molar-refractivity contribution is 7.92. The molecule has 6 nitrogen and oxygen atoms in total. The van der Waals surface area contributed by atoms with Gasteiger partial charge >= 0.3 is 5.97 Å². The Hall–Kier alpha value is -3.23. The first kappa shape index (κ1) is 22.9. The van der Waals surface area contributed by atoms with E-state index in [9.17, 15) is 13.2 Å². The minimum atomic E-state index is -3.92. The summed E-state index contributed by atoms with van der Waals surface area (Å²) in [6.45, 7) is 5.56. The molecule has 0 saturated heterocycles. The maximum Gasteiger partial charge on any atom is 0.338 e. The van der Waals surface area contributed by atoms with Crippen LogP contribution in [-0.4, -0.2) is 33.0 Å². The van der Waals surface area contributed by atoms with Gasteiger partial charge in [-0.15, -0.1) is 11.3 Å². The molecule has 0 bridgehead atoms. The number of aryl methyl sites for hydroxylation is 1. The van der Waals surface area contributed by atoms with Crippen LogP contribution in [0.5, 0.6) is 0 Å². The van der Waals surface area contributed by atoms with Gasteiger partial charge in [-0.1, -0.05) is 30.3 Å². The topological polar surface area (TPSA) is 76.6 Å². The van der Waals surface area contributed by atoms with Gasteiger partial charge in [0.2, 0.25) is 0 Å². The van der Waals surface area contributed by atoms with Gasteiger partial charge in [-0.3, -0.25) is 4.31 Å². The molecule has 3 aromatic carbocycles. The number of ether oxygens (including phenoxy) is 1. The first-order valence-electron chi connectivity index (χ1n) is 10.4. The van der Waals surface area contributed by atoms with Crippen LogP contribution in [0.4, 0.5) is 5.69 Å². The average Bonchev–Trinajstić information content (AvgIpc) is 3.24. The van der Waals surface area contributed by atoms with Gasteiger partial charge in [0.25, 0.3) is 10.0 Å². The Kier molecular flexibility index (Phi) is 6.23. The molecule has 4 rings (SSSR count). The van der Waals surface area contributed by atoms with Crippen molar-refractivity contribution in [2.45, 2.75) is 25.7 Å². The quantitative estimate of drug-likeness (QED) is 0.337. The normalized spacial score (nSPS) is 11.5. The zero-order valence-corrected chi connectivity index (χ0v) is 20.5. The largest absolute Gasteiger partial charge is 0.465 e. The van der Waals surface area contributed by atoms with E-state index in [1.807, 2.05) is 36.4 Å². The molecule has 0 spiro atoms. The molecule has 4 aromatic rings. The summed E-state index contributed by atoms with van der Waals surface area (Å²) < 4.78 is 34.4. The molecule has 1 heterocycles. The van der Waals surface area contributed by atoms with Crippen molar-refractivity contribution in [2.24, 2.45) is 0 Å². The monoisotopic (exact) mass is 480 g/mol. The summed E-state index contributed by atoms with van der Waals surface area (Å²) in [6.07, 6.45) is 0. The second kappa shape index (κ2) is 8.96. The van der Waals surface area contributed by atoms with E-state index in [1.165, 1.54) is 17.5 Å². The number of anilines is 1. The molecule has 0 N–H and O–H groups in total. The van der Waals surface area contributed by atoms with Crippen molar-refractivity contribution < 1.29 is 17.9 Å². The van der Waals surface area contributed by atoms with Gasteiger partial charge in [-0.2, -0.15) is 0 Å². The Morgan fingerprint density at radius 1 is 1.06 bits per heavy atom. The van der Waals surface area contributed by atoms with E-state index in [-0.39, 0.29) is 17.0 Å². The van der Waals surface area contributed by atoms with Gasteiger partial charge in [-0.25, -0.2) is 18.2 Å². The number of carbonyl (C=O) groups is 1. The number of hydrogen-bond acceptors (Lipinski definition) is 6. The fourth-order valence-corrected chi connectivity index (χ4v) is 6.22. The number of esters is 1. The van der Waals surface area contributed by atoms with Crippen molar-refractivity contribution in [1.29, 1.82) is 0 Å². The fourth-order valence-electron chi connectivity index (χ4n) is 3.69. The standard InChI is InChI=1S/C25H24N2O4S2/c1-5-27(33(29,30)20-13-16(2)17(3)21(15-20)25(28)31-4)19-11-12-23-22(14-19)26-24(32-23)18-9-7-6-8-10-18/h6-15H,5H2,1-4H3. The smallest absolute Gasteiger partial charge is 0.338 e. The molecule has 0 aliphatic rings. The summed E-state index contributed by atoms with van der Waals surface area (Å²) in [7, 11) is -2.64. The third-order valence-corrected chi connectivity index (χ3v) is 8.57. The third-order valence-electron chi connectivity index (χ3n) is 5.60. The van der Waals surface area contributed by atoms with Crippen LogP contribution in [0.15, 0.2) is 65.6 Å². The van der Waals surface area contributed by atoms with Gasteiger partial charge in [0.05, 0.1) is 33.5 Å². The molecule has 0 radical (unpaired) electrons. The molecular weight excluding hydrogens is 456 g/mol. The van der Waals surface area contributed by atoms with Crippen molar-refractivity contribution in [3.8, 4) is 10.6 Å². The van der Waals surface area contributed by atoms with Crippen molar-refractivity contribution in [1.82, 2.24) is 4.98 Å². The second-order valence-corrected chi connectivity index (χ2v) is 10.5. The van der Waals surface area contributed by atoms with Crippen molar-refractivity contribution in [3.05, 3.63) is 77.4 Å². The van der Waals surface area contributed by atoms with E-state index in [4.69, 9.17) is 9.72 Å². The van der Waals surface area contributed by atoms with Gasteiger partial charge in [0.15, 0.2) is 0 Å². The third kappa shape index (κ3) is 4.24. The van der Waals surface area contributed by atoms with Crippen LogP contribution in [0.25, 0.3) is 20.8 Å². The molecular formula is C25H24N2O4S2. The number of thiazole rings is 1. The maximum absolute atomic E-state index is 13.6. The van der Waals surface area contributed by atoms with E-state index in [2.05, 4.69) is 0 Å². The molecule has 1 aromatic heterocycles. The number of nitrogens with zero attached hydrogens (tertiary/aromatic N) is 2. The van der Waals surface area contributed by atoms with E-state index in [0.717, 1.165) is 20.8 Å². The Morgan fingerprint density at radius 2 is 1.79 bits per heavy atom. The van der Waals surface area contributed by atoms with E-state index in [1.54, 1.807) is 50.3 Å². The summed E-state index contributed by atoms with van der Waals surface area (Å²) >= 11 is 1.56. The molecule has 170 valence electrons. The summed E-state index contributed by atoms with van der Waals surface area (Å²) in [5.41, 5.74) is 3.92. The maximum atomic E-state index is 13.6. The molecule has 0 aliphatic carbocycles. The highest BCUT2D eigenvalue weighted by Crippen LogP contribution is 2.34. The van der Waals surface area contributed by atoms with Crippen LogP contribution >= 0.6 is 11.3 Å². The number of fused-ring (bicyclic) bond motifs is 1. The summed E-state index contributed by atoms with van der Waals surface area (Å²) in [5.74, 6) is -0.562. The SMILES string of the molecule is CCN(c1ccc2sc(-c3ccccc3)nc2c1)S(=O)(=O)c1cc(C)c(C)c(C(=O)OC)c1. The van der Waals surface area contributed by atoms with Crippen LogP contribution in [0.3, 0.4) is 0 Å². The Labute approximate surface area is 197 Å². The fraction of sp³-hybridized carbons (Fsp3) is 0.200. The first-order chi connectivity index (χ1) is 15.8. The molecule has 33 heavy (non-hydrogen) atoms. The van der Waals surface area contributed by atoms with E-state index < -0.39 is 16.0 Å². The van der Waals surface area contributed by atoms with Crippen LogP contribution in [0.1, 0.15) is 28.4 Å². The molecule has 0 amide bonds. The minimum absolute atomic E-state index is 0.0520. The zero-order chi connectivity index (χ0) is 23.8. The number of carbonyl (C=O) groups excluding carboxylic acids is 1. The molecule has 0 aliphatic heterocycles. The van der Waals surface area contributed by atoms with Crippen molar-refractivity contribution in [3.63, 3.8) is 0 Å². The van der Waals surface area contributed by atoms with Gasteiger partial charge in [0, 0.05) is 12.1 Å². The van der Waals surface area contributed by atoms with Crippen LogP contribution in [0.2, 0.25) is 0 Å². The first-order valence-corrected chi connectivity index (χ1v) is 12.7. The number of methoxy groups -OCH3 is 1. The summed E-state index contributed by atoms with van der Waals surface area (Å²) in [5, 5.41) is 0.880. The number of hydrogen-bond donors (Lipinski definition) is 0. The molecule has 0 unspecified atom stereocenters. The minimum Gasteiger partial charge on any atom is -0.465 e. The highest BCUT2D eigenvalue weighted by Gasteiger charge is 2.27. The Morgan fingerprint density at radius 3 is 2.45 bits per heavy atom. The Balaban J connectivity index is 1.78. The molecule has 0 atom stereocenters.